The molecule has 2 aromatic rings. The van der Waals surface area contributed by atoms with Crippen LogP contribution in [-0.2, 0) is 6.42 Å². The molecular weight excluding hydrogens is 220 g/mol. The molecular formula is C12H12N2O3. The van der Waals surface area contributed by atoms with Gasteiger partial charge in [0.2, 0.25) is 0 Å². The maximum atomic E-state index is 10.9. The second kappa shape index (κ2) is 5.16. The Morgan fingerprint density at radius 1 is 1.41 bits per heavy atom. The van der Waals surface area contributed by atoms with Crippen LogP contribution in [0.4, 0.5) is 4.79 Å². The molecule has 1 amide bonds. The van der Waals surface area contributed by atoms with Crippen LogP contribution >= 0.6 is 0 Å². The first-order valence-electron chi connectivity index (χ1n) is 5.17. The minimum Gasteiger partial charge on any atom is -0.388 e. The lowest BCUT2D eigenvalue weighted by atomic mass is 10.1. The van der Waals surface area contributed by atoms with Crippen LogP contribution in [0, 0.1) is 0 Å². The molecule has 1 heterocycles. The number of rotatable bonds is 3. The second-order valence-corrected chi connectivity index (χ2v) is 3.43. The molecule has 1 aromatic heterocycles. The predicted octanol–water partition coefficient (Wildman–Crippen LogP) is 1.98. The molecule has 0 fully saturated rings. The van der Waals surface area contributed by atoms with Crippen LogP contribution < -0.4 is 10.1 Å². The Bertz CT molecular complexity index is 493. The van der Waals surface area contributed by atoms with Crippen LogP contribution in [0.15, 0.2) is 40.9 Å². The van der Waals surface area contributed by atoms with Gasteiger partial charge >= 0.3 is 6.09 Å². The van der Waals surface area contributed by atoms with Gasteiger partial charge in [-0.25, -0.2) is 4.79 Å². The standard InChI is InChI=1S/C12H12N2O3/c1-13-12(15)16-11-8-10(17-14-11)7-9-5-3-2-4-6-9/h2-6,8H,7H2,1H3,(H,13,15). The van der Waals surface area contributed by atoms with Crippen molar-refractivity contribution < 1.29 is 14.1 Å². The Hall–Kier alpha value is -2.30. The fourth-order valence-electron chi connectivity index (χ4n) is 1.37. The van der Waals surface area contributed by atoms with E-state index in [9.17, 15) is 4.79 Å². The van der Waals surface area contributed by atoms with Gasteiger partial charge in [0.1, 0.15) is 5.76 Å². The molecule has 0 aliphatic carbocycles. The van der Waals surface area contributed by atoms with Gasteiger partial charge in [0.25, 0.3) is 5.88 Å². The third-order valence-corrected chi connectivity index (χ3v) is 2.16. The van der Waals surface area contributed by atoms with E-state index in [-0.39, 0.29) is 5.88 Å². The Morgan fingerprint density at radius 2 is 2.18 bits per heavy atom. The largest absolute Gasteiger partial charge is 0.413 e. The fourth-order valence-corrected chi connectivity index (χ4v) is 1.37. The molecule has 0 saturated heterocycles. The molecule has 17 heavy (non-hydrogen) atoms. The molecule has 0 unspecified atom stereocenters. The summed E-state index contributed by atoms with van der Waals surface area (Å²) < 4.78 is 9.89. The lowest BCUT2D eigenvalue weighted by Gasteiger charge is -1.96. The van der Waals surface area contributed by atoms with Gasteiger partial charge in [0.05, 0.1) is 0 Å². The molecule has 5 nitrogen and oxygen atoms in total. The van der Waals surface area contributed by atoms with Crippen LogP contribution in [0.25, 0.3) is 0 Å². The molecule has 0 spiro atoms. The van der Waals surface area contributed by atoms with E-state index in [1.54, 1.807) is 6.07 Å². The summed E-state index contributed by atoms with van der Waals surface area (Å²) in [5.74, 6) is 0.811. The average molecular weight is 232 g/mol. The van der Waals surface area contributed by atoms with Gasteiger partial charge in [-0.15, -0.1) is 0 Å². The zero-order chi connectivity index (χ0) is 12.1. The number of nitrogens with zero attached hydrogens (tertiary/aromatic N) is 1. The molecule has 0 aliphatic heterocycles. The average Bonchev–Trinajstić information content (AvgIpc) is 2.77. The molecule has 5 heteroatoms. The highest BCUT2D eigenvalue weighted by molar-refractivity contribution is 5.69. The van der Waals surface area contributed by atoms with Crippen molar-refractivity contribution in [2.75, 3.05) is 7.05 Å². The molecule has 0 bridgehead atoms. The van der Waals surface area contributed by atoms with Gasteiger partial charge in [-0.3, -0.25) is 0 Å². The number of nitrogens with one attached hydrogen (secondary N) is 1. The number of carbonyl (C=O) groups is 1. The van der Waals surface area contributed by atoms with Crippen LogP contribution in [0.2, 0.25) is 0 Å². The van der Waals surface area contributed by atoms with Crippen molar-refractivity contribution in [1.82, 2.24) is 10.5 Å². The van der Waals surface area contributed by atoms with Crippen molar-refractivity contribution in [3.05, 3.63) is 47.7 Å². The van der Waals surface area contributed by atoms with E-state index in [1.165, 1.54) is 7.05 Å². The summed E-state index contributed by atoms with van der Waals surface area (Å²) in [6.45, 7) is 0. The van der Waals surface area contributed by atoms with E-state index in [0.717, 1.165) is 5.56 Å². The van der Waals surface area contributed by atoms with E-state index in [2.05, 4.69) is 10.5 Å². The summed E-state index contributed by atoms with van der Waals surface area (Å²) in [7, 11) is 1.48. The summed E-state index contributed by atoms with van der Waals surface area (Å²) in [6.07, 6.45) is 0.0508. The summed E-state index contributed by atoms with van der Waals surface area (Å²) >= 11 is 0. The maximum absolute atomic E-state index is 10.9. The van der Waals surface area contributed by atoms with Crippen molar-refractivity contribution in [3.8, 4) is 5.88 Å². The van der Waals surface area contributed by atoms with Crippen molar-refractivity contribution in [2.45, 2.75) is 6.42 Å². The van der Waals surface area contributed by atoms with Crippen LogP contribution in [-0.4, -0.2) is 18.3 Å². The molecule has 2 rings (SSSR count). The number of aromatic nitrogens is 1. The minimum atomic E-state index is -0.565. The smallest absolute Gasteiger partial charge is 0.388 e. The Morgan fingerprint density at radius 3 is 2.88 bits per heavy atom. The number of amides is 1. The highest BCUT2D eigenvalue weighted by Crippen LogP contribution is 2.15. The summed E-state index contributed by atoms with van der Waals surface area (Å²) in [6, 6.07) is 11.4. The zero-order valence-electron chi connectivity index (χ0n) is 9.34. The number of hydrogen-bond acceptors (Lipinski definition) is 4. The van der Waals surface area contributed by atoms with Crippen LogP contribution in [0.3, 0.4) is 0 Å². The van der Waals surface area contributed by atoms with Crippen LogP contribution in [0.5, 0.6) is 5.88 Å². The zero-order valence-corrected chi connectivity index (χ0v) is 9.34. The van der Waals surface area contributed by atoms with Gasteiger partial charge in [-0.2, -0.15) is 0 Å². The van der Waals surface area contributed by atoms with Crippen LogP contribution in [0.1, 0.15) is 11.3 Å². The normalized spacial score (nSPS) is 9.94. The van der Waals surface area contributed by atoms with Crippen molar-refractivity contribution in [3.63, 3.8) is 0 Å². The van der Waals surface area contributed by atoms with E-state index in [0.29, 0.717) is 12.2 Å². The first-order chi connectivity index (χ1) is 8.28. The molecule has 0 radical (unpaired) electrons. The number of carbonyl (C=O) groups excluding carboxylic acids is 1. The first kappa shape index (κ1) is 11.2. The number of hydrogen-bond donors (Lipinski definition) is 1. The molecule has 1 N–H and O–H groups in total. The Labute approximate surface area is 98.4 Å². The minimum absolute atomic E-state index is 0.162. The monoisotopic (exact) mass is 232 g/mol. The van der Waals surface area contributed by atoms with Crippen molar-refractivity contribution in [1.29, 1.82) is 0 Å². The Kier molecular flexibility index (Phi) is 3.40. The first-order valence-corrected chi connectivity index (χ1v) is 5.17. The molecule has 0 aliphatic rings. The van der Waals surface area contributed by atoms with E-state index < -0.39 is 6.09 Å². The van der Waals surface area contributed by atoms with E-state index >= 15 is 0 Å². The van der Waals surface area contributed by atoms with E-state index in [1.807, 2.05) is 30.3 Å². The number of ether oxygens (including phenoxy) is 1. The highest BCUT2D eigenvalue weighted by Gasteiger charge is 2.08. The number of benzene rings is 1. The molecule has 0 atom stereocenters. The molecule has 1 aromatic carbocycles. The van der Waals surface area contributed by atoms with Gasteiger partial charge in [-0.05, 0) is 10.7 Å². The van der Waals surface area contributed by atoms with Gasteiger partial charge in [-0.1, -0.05) is 30.3 Å². The van der Waals surface area contributed by atoms with Crippen molar-refractivity contribution >= 4 is 6.09 Å². The maximum Gasteiger partial charge on any atom is 0.413 e. The van der Waals surface area contributed by atoms with Gasteiger partial charge < -0.3 is 14.6 Å². The second-order valence-electron chi connectivity index (χ2n) is 3.43. The highest BCUT2D eigenvalue weighted by atomic mass is 16.6. The summed E-state index contributed by atoms with van der Waals surface area (Å²) in [5.41, 5.74) is 1.11. The predicted molar refractivity (Wildman–Crippen MR) is 60.8 cm³/mol. The molecule has 88 valence electrons. The topological polar surface area (TPSA) is 64.4 Å². The SMILES string of the molecule is CNC(=O)Oc1cc(Cc2ccccc2)on1. The lowest BCUT2D eigenvalue weighted by molar-refractivity contribution is 0.198. The summed E-state index contributed by atoms with van der Waals surface area (Å²) in [5, 5.41) is 5.97. The Balaban J connectivity index is 2.01. The fraction of sp³-hybridized carbons (Fsp3) is 0.167. The summed E-state index contributed by atoms with van der Waals surface area (Å²) in [4.78, 5) is 10.9. The van der Waals surface area contributed by atoms with Gasteiger partial charge in [0, 0.05) is 19.5 Å². The molecule has 0 saturated carbocycles. The van der Waals surface area contributed by atoms with Crippen molar-refractivity contribution in [2.24, 2.45) is 0 Å². The quantitative estimate of drug-likeness (QED) is 0.878. The third kappa shape index (κ3) is 3.07. The third-order valence-electron chi connectivity index (χ3n) is 2.16. The lowest BCUT2D eigenvalue weighted by Crippen LogP contribution is -2.22. The van der Waals surface area contributed by atoms with Gasteiger partial charge in [0.15, 0.2) is 0 Å². The van der Waals surface area contributed by atoms with E-state index in [4.69, 9.17) is 9.26 Å².